The van der Waals surface area contributed by atoms with Crippen LogP contribution >= 0.6 is 22.7 Å². The number of fused-ring (bicyclic) bond motifs is 1. The van der Waals surface area contributed by atoms with Gasteiger partial charge in [-0.15, -0.1) is 0 Å². The van der Waals surface area contributed by atoms with E-state index in [9.17, 15) is 9.59 Å². The van der Waals surface area contributed by atoms with E-state index in [-0.39, 0.29) is 11.8 Å². The smallest absolute Gasteiger partial charge is 0.258 e. The van der Waals surface area contributed by atoms with Crippen LogP contribution < -0.4 is 5.32 Å². The van der Waals surface area contributed by atoms with Gasteiger partial charge < -0.3 is 4.90 Å². The SMILES string of the molecule is O=C(Nc1nc2c(s1)CN(C(=O)c1ccncc1)CC2)c1ccsc1. The van der Waals surface area contributed by atoms with Crippen LogP contribution in [0.15, 0.2) is 41.4 Å². The first-order valence-corrected chi connectivity index (χ1v) is 9.48. The molecule has 126 valence electrons. The number of carbonyl (C=O) groups excluding carboxylic acids is 2. The molecule has 1 aliphatic rings. The van der Waals surface area contributed by atoms with Crippen molar-refractivity contribution in [1.82, 2.24) is 14.9 Å². The first-order chi connectivity index (χ1) is 12.2. The number of amides is 2. The Labute approximate surface area is 152 Å². The molecule has 0 aromatic carbocycles. The molecule has 2 amide bonds. The zero-order valence-electron chi connectivity index (χ0n) is 13.1. The molecule has 6 nitrogen and oxygen atoms in total. The Hall–Kier alpha value is -2.58. The van der Waals surface area contributed by atoms with Crippen LogP contribution in [-0.4, -0.2) is 33.2 Å². The fourth-order valence-corrected chi connectivity index (χ4v) is 4.32. The van der Waals surface area contributed by atoms with Crippen LogP contribution in [0.3, 0.4) is 0 Å². The van der Waals surface area contributed by atoms with E-state index >= 15 is 0 Å². The van der Waals surface area contributed by atoms with Gasteiger partial charge in [0.2, 0.25) is 0 Å². The van der Waals surface area contributed by atoms with E-state index in [1.165, 1.54) is 22.7 Å². The van der Waals surface area contributed by atoms with Gasteiger partial charge in [-0.3, -0.25) is 19.9 Å². The summed E-state index contributed by atoms with van der Waals surface area (Å²) in [7, 11) is 0. The second-order valence-electron chi connectivity index (χ2n) is 5.57. The minimum atomic E-state index is -0.155. The van der Waals surface area contributed by atoms with Crippen LogP contribution in [-0.2, 0) is 13.0 Å². The molecule has 0 bridgehead atoms. The minimum Gasteiger partial charge on any atom is -0.333 e. The Kier molecular flexibility index (Phi) is 4.29. The highest BCUT2D eigenvalue weighted by molar-refractivity contribution is 7.16. The third-order valence-electron chi connectivity index (χ3n) is 3.95. The van der Waals surface area contributed by atoms with Crippen molar-refractivity contribution in [3.8, 4) is 0 Å². The molecule has 25 heavy (non-hydrogen) atoms. The molecule has 0 aliphatic carbocycles. The Morgan fingerprint density at radius 3 is 2.76 bits per heavy atom. The summed E-state index contributed by atoms with van der Waals surface area (Å²) in [6, 6.07) is 5.22. The summed E-state index contributed by atoms with van der Waals surface area (Å²) in [6.07, 6.45) is 3.93. The normalized spacial score (nSPS) is 13.4. The van der Waals surface area contributed by atoms with Gasteiger partial charge in [-0.25, -0.2) is 4.98 Å². The summed E-state index contributed by atoms with van der Waals surface area (Å²) in [6.45, 7) is 1.14. The zero-order chi connectivity index (χ0) is 17.2. The standard InChI is InChI=1S/C17H14N4O2S2/c22-15(12-4-8-24-10-12)20-17-19-13-3-7-21(9-14(13)25-17)16(23)11-1-5-18-6-2-11/h1-2,4-6,8,10H,3,7,9H2,(H,19,20,22). The summed E-state index contributed by atoms with van der Waals surface area (Å²) in [5.74, 6) is -0.164. The van der Waals surface area contributed by atoms with Crippen molar-refractivity contribution in [3.05, 3.63) is 63.1 Å². The third-order valence-corrected chi connectivity index (χ3v) is 5.63. The first kappa shape index (κ1) is 15.9. The maximum Gasteiger partial charge on any atom is 0.258 e. The lowest BCUT2D eigenvalue weighted by molar-refractivity contribution is 0.0736. The summed E-state index contributed by atoms with van der Waals surface area (Å²) in [4.78, 5) is 36.0. The number of thiazole rings is 1. The second-order valence-corrected chi connectivity index (χ2v) is 7.43. The highest BCUT2D eigenvalue weighted by atomic mass is 32.1. The molecular formula is C17H14N4O2S2. The Morgan fingerprint density at radius 1 is 1.16 bits per heavy atom. The molecule has 1 aliphatic heterocycles. The lowest BCUT2D eigenvalue weighted by Crippen LogP contribution is -2.35. The van der Waals surface area contributed by atoms with E-state index in [1.54, 1.807) is 40.9 Å². The number of nitrogens with zero attached hydrogens (tertiary/aromatic N) is 3. The highest BCUT2D eigenvalue weighted by Crippen LogP contribution is 2.29. The molecule has 0 atom stereocenters. The van der Waals surface area contributed by atoms with Crippen LogP contribution in [0.2, 0.25) is 0 Å². The number of anilines is 1. The fourth-order valence-electron chi connectivity index (χ4n) is 2.66. The quantitative estimate of drug-likeness (QED) is 0.769. The van der Waals surface area contributed by atoms with Crippen LogP contribution in [0.4, 0.5) is 5.13 Å². The van der Waals surface area contributed by atoms with Gasteiger partial charge in [-0.05, 0) is 23.6 Å². The van der Waals surface area contributed by atoms with Crippen molar-refractivity contribution >= 4 is 39.6 Å². The average Bonchev–Trinajstić information content (AvgIpc) is 3.30. The first-order valence-electron chi connectivity index (χ1n) is 7.72. The van der Waals surface area contributed by atoms with Gasteiger partial charge in [0, 0.05) is 41.2 Å². The van der Waals surface area contributed by atoms with Crippen LogP contribution in [0, 0.1) is 0 Å². The molecule has 0 radical (unpaired) electrons. The van der Waals surface area contributed by atoms with Gasteiger partial charge in [0.25, 0.3) is 11.8 Å². The number of thiophene rings is 1. The number of carbonyl (C=O) groups is 2. The minimum absolute atomic E-state index is 0.00897. The summed E-state index contributed by atoms with van der Waals surface area (Å²) in [5, 5.41) is 7.09. The molecule has 3 aromatic rings. The highest BCUT2D eigenvalue weighted by Gasteiger charge is 2.25. The van der Waals surface area contributed by atoms with Crippen molar-refractivity contribution in [3.63, 3.8) is 0 Å². The van der Waals surface area contributed by atoms with Crippen molar-refractivity contribution in [2.24, 2.45) is 0 Å². The molecule has 0 spiro atoms. The van der Waals surface area contributed by atoms with Crippen LogP contribution in [0.25, 0.3) is 0 Å². The maximum atomic E-state index is 12.6. The van der Waals surface area contributed by atoms with E-state index < -0.39 is 0 Å². The fraction of sp³-hybridized carbons (Fsp3) is 0.176. The molecule has 4 heterocycles. The van der Waals surface area contributed by atoms with E-state index in [0.717, 1.165) is 10.6 Å². The number of nitrogens with one attached hydrogen (secondary N) is 1. The topological polar surface area (TPSA) is 75.2 Å². The monoisotopic (exact) mass is 370 g/mol. The van der Waals surface area contributed by atoms with E-state index in [4.69, 9.17) is 0 Å². The predicted octanol–water partition coefficient (Wildman–Crippen LogP) is 3.05. The molecule has 8 heteroatoms. The number of rotatable bonds is 3. The number of hydrogen-bond donors (Lipinski definition) is 1. The number of pyridine rings is 1. The molecule has 4 rings (SSSR count). The van der Waals surface area contributed by atoms with Gasteiger partial charge >= 0.3 is 0 Å². The predicted molar refractivity (Wildman–Crippen MR) is 97.1 cm³/mol. The third kappa shape index (κ3) is 3.31. The summed E-state index contributed by atoms with van der Waals surface area (Å²) >= 11 is 2.91. The van der Waals surface area contributed by atoms with Gasteiger partial charge in [0.15, 0.2) is 5.13 Å². The Balaban J connectivity index is 1.48. The summed E-state index contributed by atoms with van der Waals surface area (Å²) < 4.78 is 0. The lowest BCUT2D eigenvalue weighted by atomic mass is 10.1. The Bertz CT molecular complexity index is 906. The lowest BCUT2D eigenvalue weighted by Gasteiger charge is -2.26. The second kappa shape index (κ2) is 6.73. The van der Waals surface area contributed by atoms with Crippen molar-refractivity contribution in [1.29, 1.82) is 0 Å². The van der Waals surface area contributed by atoms with Crippen molar-refractivity contribution < 1.29 is 9.59 Å². The average molecular weight is 370 g/mol. The van der Waals surface area contributed by atoms with Gasteiger partial charge in [0.05, 0.1) is 17.8 Å². The molecule has 3 aromatic heterocycles. The number of aromatic nitrogens is 2. The zero-order valence-corrected chi connectivity index (χ0v) is 14.8. The van der Waals surface area contributed by atoms with Gasteiger partial charge in [-0.2, -0.15) is 11.3 Å². The van der Waals surface area contributed by atoms with Crippen molar-refractivity contribution in [2.75, 3.05) is 11.9 Å². The molecule has 0 saturated carbocycles. The van der Waals surface area contributed by atoms with Crippen LogP contribution in [0.1, 0.15) is 31.3 Å². The summed E-state index contributed by atoms with van der Waals surface area (Å²) in [5.41, 5.74) is 2.23. The molecule has 0 fully saturated rings. The molecular weight excluding hydrogens is 356 g/mol. The molecule has 1 N–H and O–H groups in total. The van der Waals surface area contributed by atoms with Crippen molar-refractivity contribution in [2.45, 2.75) is 13.0 Å². The Morgan fingerprint density at radius 2 is 2.00 bits per heavy atom. The van der Waals surface area contributed by atoms with Gasteiger partial charge in [0.1, 0.15) is 0 Å². The van der Waals surface area contributed by atoms with Crippen LogP contribution in [0.5, 0.6) is 0 Å². The van der Waals surface area contributed by atoms with E-state index in [1.807, 2.05) is 5.38 Å². The van der Waals surface area contributed by atoms with E-state index in [0.29, 0.717) is 35.8 Å². The molecule has 0 saturated heterocycles. The maximum absolute atomic E-state index is 12.6. The largest absolute Gasteiger partial charge is 0.333 e. The number of hydrogen-bond acceptors (Lipinski definition) is 6. The molecule has 0 unspecified atom stereocenters. The van der Waals surface area contributed by atoms with E-state index in [2.05, 4.69) is 15.3 Å². The van der Waals surface area contributed by atoms with Gasteiger partial charge in [-0.1, -0.05) is 11.3 Å².